The second-order valence-electron chi connectivity index (χ2n) is 8.41. The first-order valence-electron chi connectivity index (χ1n) is 11.1. The third-order valence-corrected chi connectivity index (χ3v) is 6.39. The predicted octanol–water partition coefficient (Wildman–Crippen LogP) is 3.16. The molecule has 1 N–H and O–H groups in total. The monoisotopic (exact) mass is 428 g/mol. The molecule has 0 unspecified atom stereocenters. The summed E-state index contributed by atoms with van der Waals surface area (Å²) in [6.45, 7) is 3.75. The van der Waals surface area contributed by atoms with E-state index >= 15 is 0 Å². The Morgan fingerprint density at radius 1 is 0.969 bits per heavy atom. The Balaban J connectivity index is 1.32. The van der Waals surface area contributed by atoms with E-state index in [1.54, 1.807) is 17.2 Å². The van der Waals surface area contributed by atoms with Crippen LogP contribution in [0.1, 0.15) is 19.3 Å². The van der Waals surface area contributed by atoms with Crippen LogP contribution in [0.2, 0.25) is 0 Å². The first-order chi connectivity index (χ1) is 15.8. The van der Waals surface area contributed by atoms with E-state index < -0.39 is 0 Å². The average Bonchev–Trinajstić information content (AvgIpc) is 3.51. The Labute approximate surface area is 186 Å². The molecule has 6 heterocycles. The van der Waals surface area contributed by atoms with Gasteiger partial charge in [-0.05, 0) is 43.5 Å². The number of hydrogen-bond acceptors (Lipinski definition) is 7. The number of urea groups is 1. The number of nitrogens with zero attached hydrogens (tertiary/aromatic N) is 7. The summed E-state index contributed by atoms with van der Waals surface area (Å²) < 4.78 is 0. The lowest BCUT2D eigenvalue weighted by molar-refractivity contribution is 0.254. The van der Waals surface area contributed by atoms with Crippen LogP contribution in [0.4, 0.5) is 28.1 Å². The first kappa shape index (κ1) is 19.0. The normalized spacial score (nSPS) is 19.2. The van der Waals surface area contributed by atoms with Crippen molar-refractivity contribution in [1.29, 1.82) is 0 Å². The van der Waals surface area contributed by atoms with Crippen LogP contribution >= 0.6 is 0 Å². The maximum atomic E-state index is 13.2. The number of carbonyl (C=O) groups excluding carboxylic acids is 1. The SMILES string of the molecule is O=C(Nc1ccccn1)N1c2nc(-c3cnc(N4CCCC4)nc3)ccc2N2CC[C@H]1C2. The quantitative estimate of drug-likeness (QED) is 0.685. The Bertz CT molecular complexity index is 1130. The van der Waals surface area contributed by atoms with E-state index in [0.29, 0.717) is 11.6 Å². The van der Waals surface area contributed by atoms with E-state index in [9.17, 15) is 4.79 Å². The molecular weight excluding hydrogens is 404 g/mol. The number of anilines is 4. The Hall–Kier alpha value is -3.75. The fraction of sp³-hybridized carbons (Fsp3) is 0.348. The van der Waals surface area contributed by atoms with Crippen LogP contribution in [0.15, 0.2) is 48.9 Å². The van der Waals surface area contributed by atoms with Gasteiger partial charge in [-0.15, -0.1) is 0 Å². The maximum Gasteiger partial charge on any atom is 0.329 e. The summed E-state index contributed by atoms with van der Waals surface area (Å²) in [5.74, 6) is 1.97. The molecule has 1 atom stereocenters. The Kier molecular flexibility index (Phi) is 4.59. The van der Waals surface area contributed by atoms with Gasteiger partial charge < -0.3 is 9.80 Å². The molecule has 3 aromatic heterocycles. The third-order valence-electron chi connectivity index (χ3n) is 6.39. The molecule has 3 aliphatic rings. The van der Waals surface area contributed by atoms with Crippen molar-refractivity contribution in [2.45, 2.75) is 25.3 Å². The molecular formula is C23H24N8O. The number of nitrogens with one attached hydrogen (secondary N) is 1. The molecule has 6 rings (SSSR count). The zero-order chi connectivity index (χ0) is 21.5. The third kappa shape index (κ3) is 3.30. The van der Waals surface area contributed by atoms with Crippen molar-refractivity contribution in [2.24, 2.45) is 0 Å². The van der Waals surface area contributed by atoms with Crippen LogP contribution in [0, 0.1) is 0 Å². The minimum Gasteiger partial charge on any atom is -0.366 e. The molecule has 2 fully saturated rings. The molecule has 0 spiro atoms. The molecule has 2 amide bonds. The van der Waals surface area contributed by atoms with E-state index in [2.05, 4.69) is 36.1 Å². The zero-order valence-corrected chi connectivity index (χ0v) is 17.7. The predicted molar refractivity (Wildman–Crippen MR) is 123 cm³/mol. The topological polar surface area (TPSA) is 90.4 Å². The Morgan fingerprint density at radius 3 is 2.59 bits per heavy atom. The van der Waals surface area contributed by atoms with Crippen molar-refractivity contribution in [1.82, 2.24) is 19.9 Å². The van der Waals surface area contributed by atoms with Crippen molar-refractivity contribution < 1.29 is 4.79 Å². The first-order valence-corrected chi connectivity index (χ1v) is 11.1. The molecule has 2 bridgehead atoms. The molecule has 0 aliphatic carbocycles. The van der Waals surface area contributed by atoms with Gasteiger partial charge in [-0.2, -0.15) is 0 Å². The Morgan fingerprint density at radius 2 is 1.81 bits per heavy atom. The van der Waals surface area contributed by atoms with E-state index in [1.165, 1.54) is 12.8 Å². The zero-order valence-electron chi connectivity index (χ0n) is 17.7. The molecule has 0 radical (unpaired) electrons. The summed E-state index contributed by atoms with van der Waals surface area (Å²) in [5, 5.41) is 2.92. The smallest absolute Gasteiger partial charge is 0.329 e. The van der Waals surface area contributed by atoms with Gasteiger partial charge in [0.2, 0.25) is 5.95 Å². The van der Waals surface area contributed by atoms with Crippen molar-refractivity contribution in [2.75, 3.05) is 46.2 Å². The van der Waals surface area contributed by atoms with Crippen molar-refractivity contribution in [3.8, 4) is 11.3 Å². The summed E-state index contributed by atoms with van der Waals surface area (Å²) >= 11 is 0. The number of hydrogen-bond donors (Lipinski definition) is 1. The van der Waals surface area contributed by atoms with Crippen LogP contribution in [0.25, 0.3) is 11.3 Å². The highest BCUT2D eigenvalue weighted by molar-refractivity contribution is 6.04. The minimum absolute atomic E-state index is 0.0859. The van der Waals surface area contributed by atoms with Crippen LogP contribution in [-0.4, -0.2) is 58.2 Å². The second kappa shape index (κ2) is 7.74. The molecule has 0 saturated carbocycles. The van der Waals surface area contributed by atoms with E-state index in [4.69, 9.17) is 4.98 Å². The van der Waals surface area contributed by atoms with Crippen LogP contribution in [-0.2, 0) is 0 Å². The standard InChI is InChI=1S/C23H24N8O/c32-23(28-20-5-1-2-9-24-20)31-17-8-12-30(15-17)19-7-6-18(27-21(19)31)16-13-25-22(26-14-16)29-10-3-4-11-29/h1-2,5-7,9,13-14,17H,3-4,8,10-12,15H2,(H,24,28,32)/t17-/m0/s1. The van der Waals surface area contributed by atoms with Gasteiger partial charge in [-0.25, -0.2) is 24.7 Å². The number of amides is 2. The van der Waals surface area contributed by atoms with Crippen LogP contribution in [0.5, 0.6) is 0 Å². The minimum atomic E-state index is -0.207. The summed E-state index contributed by atoms with van der Waals surface area (Å²) in [5.41, 5.74) is 2.58. The van der Waals surface area contributed by atoms with Crippen molar-refractivity contribution >= 4 is 29.3 Å². The van der Waals surface area contributed by atoms with Gasteiger partial charge in [0.15, 0.2) is 5.82 Å². The fourth-order valence-corrected chi connectivity index (χ4v) is 4.77. The highest BCUT2D eigenvalue weighted by atomic mass is 16.2. The summed E-state index contributed by atoms with van der Waals surface area (Å²) in [7, 11) is 0. The van der Waals surface area contributed by atoms with Gasteiger partial charge in [-0.3, -0.25) is 10.2 Å². The van der Waals surface area contributed by atoms with E-state index in [0.717, 1.165) is 55.5 Å². The average molecular weight is 429 g/mol. The number of rotatable bonds is 3. The number of aromatic nitrogens is 4. The summed E-state index contributed by atoms with van der Waals surface area (Å²) in [6, 6.07) is 9.38. The molecule has 2 saturated heterocycles. The lowest BCUT2D eigenvalue weighted by Gasteiger charge is -2.35. The van der Waals surface area contributed by atoms with Gasteiger partial charge >= 0.3 is 6.03 Å². The van der Waals surface area contributed by atoms with Crippen molar-refractivity contribution in [3.63, 3.8) is 0 Å². The van der Waals surface area contributed by atoms with Gasteiger partial charge in [0.25, 0.3) is 0 Å². The lowest BCUT2D eigenvalue weighted by Crippen LogP contribution is -2.48. The molecule has 3 aliphatic heterocycles. The summed E-state index contributed by atoms with van der Waals surface area (Å²) in [6.07, 6.45) is 8.60. The van der Waals surface area contributed by atoms with Crippen molar-refractivity contribution in [3.05, 3.63) is 48.9 Å². The fourth-order valence-electron chi connectivity index (χ4n) is 4.77. The van der Waals surface area contributed by atoms with Gasteiger partial charge in [0, 0.05) is 50.3 Å². The van der Waals surface area contributed by atoms with E-state index in [1.807, 2.05) is 30.6 Å². The molecule has 9 nitrogen and oxygen atoms in total. The lowest BCUT2D eigenvalue weighted by atomic mass is 10.1. The largest absolute Gasteiger partial charge is 0.366 e. The molecule has 3 aromatic rings. The highest BCUT2D eigenvalue weighted by Gasteiger charge is 2.40. The van der Waals surface area contributed by atoms with Gasteiger partial charge in [0.1, 0.15) is 5.82 Å². The van der Waals surface area contributed by atoms with Gasteiger partial charge in [-0.1, -0.05) is 6.07 Å². The molecule has 32 heavy (non-hydrogen) atoms. The van der Waals surface area contributed by atoms with Crippen LogP contribution < -0.4 is 20.0 Å². The molecule has 162 valence electrons. The molecule has 0 aromatic carbocycles. The maximum absolute atomic E-state index is 13.2. The number of carbonyl (C=O) groups is 1. The summed E-state index contributed by atoms with van der Waals surface area (Å²) in [4.78, 5) is 37.8. The number of pyridine rings is 2. The second-order valence-corrected chi connectivity index (χ2v) is 8.41. The van der Waals surface area contributed by atoms with Crippen LogP contribution in [0.3, 0.4) is 0 Å². The number of fused-ring (bicyclic) bond motifs is 4. The van der Waals surface area contributed by atoms with E-state index in [-0.39, 0.29) is 12.1 Å². The highest BCUT2D eigenvalue weighted by Crippen LogP contribution is 2.40. The molecule has 9 heteroatoms. The van der Waals surface area contributed by atoms with Gasteiger partial charge in [0.05, 0.1) is 17.4 Å².